The van der Waals surface area contributed by atoms with Gasteiger partial charge in [-0.1, -0.05) is 263 Å². The molecule has 392 valence electrons. The molecule has 0 spiro atoms. The molecule has 7 rings (SSSR count). The van der Waals surface area contributed by atoms with Gasteiger partial charge in [0.05, 0.1) is 0 Å². The third kappa shape index (κ3) is 12.0. The van der Waals surface area contributed by atoms with Gasteiger partial charge in [-0.15, -0.1) is 0 Å². The van der Waals surface area contributed by atoms with E-state index in [0.29, 0.717) is 0 Å². The first kappa shape index (κ1) is 58.3. The van der Waals surface area contributed by atoms with Crippen molar-refractivity contribution in [2.24, 2.45) is 0 Å². The highest BCUT2D eigenvalue weighted by Crippen LogP contribution is 2.65. The molecule has 0 heterocycles. The number of rotatable bonds is 6. The zero-order valence-corrected chi connectivity index (χ0v) is 51.5. The van der Waals surface area contributed by atoms with E-state index in [1.807, 2.05) is 0 Å². The van der Waals surface area contributed by atoms with E-state index in [-0.39, 0.29) is 43.3 Å². The van der Waals surface area contributed by atoms with Crippen molar-refractivity contribution in [2.45, 2.75) is 209 Å². The summed E-state index contributed by atoms with van der Waals surface area (Å²) in [4.78, 5) is 15.4. The lowest BCUT2D eigenvalue weighted by molar-refractivity contribution is 0.496. The summed E-state index contributed by atoms with van der Waals surface area (Å²) in [5.74, 6) is 0. The van der Waals surface area contributed by atoms with Crippen LogP contribution in [0, 0.1) is 0 Å². The Balaban J connectivity index is 0.00000166. The maximum absolute atomic E-state index is 7.72. The predicted molar refractivity (Wildman–Crippen MR) is 324 cm³/mol. The van der Waals surface area contributed by atoms with E-state index in [1.165, 1.54) is 111 Å². The molecule has 73 heavy (non-hydrogen) atoms. The summed E-state index contributed by atoms with van der Waals surface area (Å²) < 4.78 is 4.00. The average Bonchev–Trinajstić information content (AvgIpc) is 3.24. The lowest BCUT2D eigenvalue weighted by atomic mass is 9.63. The SMILES string of the molecule is CC(C)(C)c1ccc(-c2c3c(c(-c4ccc(C(C)(C)C)cc4C(C)(C)C)c(-c4ccc(C(C)(C)C)cc4C(C)(C)C)c2-c2ccc(C(C)(C)C)cc2C(C)(C)C)-c2ccccc2-3)c(C(C)(C)C)c1.OPOPO. The van der Waals surface area contributed by atoms with Crippen molar-refractivity contribution in [3.05, 3.63) is 142 Å². The Labute approximate surface area is 447 Å². The van der Waals surface area contributed by atoms with E-state index in [9.17, 15) is 0 Å². The van der Waals surface area contributed by atoms with Crippen LogP contribution in [0.25, 0.3) is 66.8 Å². The Kier molecular flexibility index (Phi) is 16.1. The molecule has 0 saturated carbocycles. The summed E-state index contributed by atoms with van der Waals surface area (Å²) in [6.45, 7) is 57.4. The fraction of sp³-hybridized carbons (Fsp3) is 0.471. The van der Waals surface area contributed by atoms with E-state index < -0.39 is 18.1 Å². The molecule has 6 aromatic carbocycles. The van der Waals surface area contributed by atoms with Crippen LogP contribution in [0.2, 0.25) is 0 Å². The Morgan fingerprint density at radius 1 is 0.260 bits per heavy atom. The fourth-order valence-electron chi connectivity index (χ4n) is 10.6. The Bertz CT molecular complexity index is 2800. The molecule has 3 nitrogen and oxygen atoms in total. The standard InChI is InChI=1S/C68H88.H4O3P2/c1-61(2,3)41-29-33-47(51(37-41)65(13,14)15)57-55-45-27-25-26-28-46(45)56(55)58(48-34-30-42(62(4,5)6)38-52(48)66(16,17)18)60(50-36-32-44(64(10,11)12)40-54(50)68(22,23)24)59(57)49-35-31-43(63(7,8)9)39-53(49)67(19,20)21;1-4-3-5-2/h25-40H,1-24H3;1-2,4-5H. The molecule has 0 radical (unpaired) electrons. The van der Waals surface area contributed by atoms with Crippen molar-refractivity contribution >= 4 is 18.1 Å². The van der Waals surface area contributed by atoms with Gasteiger partial charge >= 0.3 is 0 Å². The number of benzene rings is 6. The molecule has 0 saturated heterocycles. The molecule has 0 aliphatic heterocycles. The number of fused-ring (bicyclic) bond motifs is 4. The van der Waals surface area contributed by atoms with Crippen molar-refractivity contribution in [3.63, 3.8) is 0 Å². The van der Waals surface area contributed by atoms with Crippen LogP contribution < -0.4 is 0 Å². The third-order valence-corrected chi connectivity index (χ3v) is 15.6. The topological polar surface area (TPSA) is 49.7 Å². The normalized spacial score (nSPS) is 13.8. The van der Waals surface area contributed by atoms with Gasteiger partial charge in [0.15, 0.2) is 18.1 Å². The Morgan fingerprint density at radius 2 is 0.452 bits per heavy atom. The lowest BCUT2D eigenvalue weighted by Gasteiger charge is -2.40. The second kappa shape index (κ2) is 20.2. The quantitative estimate of drug-likeness (QED) is 0.163. The molecule has 6 aromatic rings. The molecular formula is C68H92O3P2. The molecule has 1 aliphatic carbocycles. The van der Waals surface area contributed by atoms with Gasteiger partial charge in [-0.2, -0.15) is 0 Å². The first-order valence-corrected chi connectivity index (χ1v) is 28.3. The van der Waals surface area contributed by atoms with E-state index >= 15 is 0 Å². The second-order valence-corrected chi connectivity index (χ2v) is 30.3. The highest BCUT2D eigenvalue weighted by atomic mass is 31.2. The van der Waals surface area contributed by atoms with Gasteiger partial charge in [0.25, 0.3) is 0 Å². The fourth-order valence-corrected chi connectivity index (χ4v) is 10.8. The van der Waals surface area contributed by atoms with Crippen LogP contribution in [0.5, 0.6) is 0 Å². The minimum atomic E-state index is -0.580. The molecule has 0 aromatic heterocycles. The van der Waals surface area contributed by atoms with E-state index in [1.54, 1.807) is 0 Å². The van der Waals surface area contributed by atoms with Crippen molar-refractivity contribution in [3.8, 4) is 66.8 Å². The van der Waals surface area contributed by atoms with Crippen LogP contribution in [-0.2, 0) is 47.6 Å². The molecule has 2 unspecified atom stereocenters. The largest absolute Gasteiger partial charge is 0.352 e. The third-order valence-electron chi connectivity index (χ3n) is 14.9. The lowest BCUT2D eigenvalue weighted by Crippen LogP contribution is -2.21. The minimum Gasteiger partial charge on any atom is -0.352 e. The number of hydrogen-bond acceptors (Lipinski definition) is 3. The van der Waals surface area contributed by atoms with Crippen LogP contribution in [0.4, 0.5) is 0 Å². The van der Waals surface area contributed by atoms with Crippen LogP contribution in [0.1, 0.15) is 211 Å². The minimum absolute atomic E-state index is 0.00475. The zero-order valence-electron chi connectivity index (χ0n) is 49.5. The van der Waals surface area contributed by atoms with Crippen LogP contribution in [0.3, 0.4) is 0 Å². The molecule has 2 atom stereocenters. The van der Waals surface area contributed by atoms with Crippen molar-refractivity contribution in [1.82, 2.24) is 0 Å². The van der Waals surface area contributed by atoms with Gasteiger partial charge in [0.1, 0.15) is 0 Å². The molecule has 5 heteroatoms. The van der Waals surface area contributed by atoms with Crippen molar-refractivity contribution in [1.29, 1.82) is 0 Å². The second-order valence-electron chi connectivity index (χ2n) is 29.1. The van der Waals surface area contributed by atoms with Crippen LogP contribution in [0.15, 0.2) is 97.1 Å². The molecule has 0 bridgehead atoms. The zero-order chi connectivity index (χ0) is 55.0. The first-order valence-electron chi connectivity index (χ1n) is 26.6. The Morgan fingerprint density at radius 3 is 0.603 bits per heavy atom. The predicted octanol–water partition coefficient (Wildman–Crippen LogP) is 20.4. The summed E-state index contributed by atoms with van der Waals surface area (Å²) in [5, 5.41) is 0. The van der Waals surface area contributed by atoms with Crippen LogP contribution >= 0.6 is 18.1 Å². The summed E-state index contributed by atoms with van der Waals surface area (Å²) >= 11 is 0. The van der Waals surface area contributed by atoms with Gasteiger partial charge in [-0.25, -0.2) is 0 Å². The maximum Gasteiger partial charge on any atom is 0.158 e. The molecule has 1 aliphatic rings. The van der Waals surface area contributed by atoms with Gasteiger partial charge < -0.3 is 9.79 Å². The summed E-state index contributed by atoms with van der Waals surface area (Å²) in [6.07, 6.45) is 0. The maximum atomic E-state index is 7.72. The van der Waals surface area contributed by atoms with Gasteiger partial charge in [0.2, 0.25) is 0 Å². The summed E-state index contributed by atoms with van der Waals surface area (Å²) in [7, 11) is -1.16. The van der Waals surface area contributed by atoms with Gasteiger partial charge in [-0.3, -0.25) is 4.31 Å². The first-order chi connectivity index (χ1) is 33.2. The van der Waals surface area contributed by atoms with E-state index in [2.05, 4.69) is 268 Å². The van der Waals surface area contributed by atoms with Gasteiger partial charge in [-0.05, 0) is 155 Å². The summed E-state index contributed by atoms with van der Waals surface area (Å²) in [5.41, 5.74) is 26.6. The molecule has 2 N–H and O–H groups in total. The Hall–Kier alpha value is -3.94. The highest BCUT2D eigenvalue weighted by molar-refractivity contribution is 7.39. The number of hydrogen-bond donors (Lipinski definition) is 2. The monoisotopic (exact) mass is 1020 g/mol. The van der Waals surface area contributed by atoms with Crippen molar-refractivity contribution < 1.29 is 14.1 Å². The highest BCUT2D eigenvalue weighted by Gasteiger charge is 2.41. The smallest absolute Gasteiger partial charge is 0.158 e. The van der Waals surface area contributed by atoms with Crippen molar-refractivity contribution in [2.75, 3.05) is 0 Å². The van der Waals surface area contributed by atoms with E-state index in [4.69, 9.17) is 9.79 Å². The average molecular weight is 1020 g/mol. The molecule has 0 amide bonds. The summed E-state index contributed by atoms with van der Waals surface area (Å²) in [6, 6.07) is 39.4. The van der Waals surface area contributed by atoms with Gasteiger partial charge in [0, 0.05) is 0 Å². The van der Waals surface area contributed by atoms with Crippen LogP contribution in [-0.4, -0.2) is 9.79 Å². The van der Waals surface area contributed by atoms with E-state index in [0.717, 1.165) is 0 Å². The molecular weight excluding hydrogens is 927 g/mol. The molecule has 0 fully saturated rings.